The van der Waals surface area contributed by atoms with Crippen LogP contribution in [0.15, 0.2) is 30.6 Å². The average molecular weight is 265 g/mol. The number of aromatic nitrogens is 2. The van der Waals surface area contributed by atoms with Crippen LogP contribution in [0.25, 0.3) is 5.69 Å². The van der Waals surface area contributed by atoms with Gasteiger partial charge in [-0.15, -0.1) is 0 Å². The van der Waals surface area contributed by atoms with Crippen molar-refractivity contribution in [2.24, 2.45) is 0 Å². The monoisotopic (exact) mass is 265 g/mol. The molecule has 0 unspecified atom stereocenters. The summed E-state index contributed by atoms with van der Waals surface area (Å²) < 4.78 is 25.6. The summed E-state index contributed by atoms with van der Waals surface area (Å²) in [4.78, 5) is 4.15. The van der Waals surface area contributed by atoms with Crippen LogP contribution in [0.5, 0.6) is 5.75 Å². The van der Waals surface area contributed by atoms with Crippen molar-refractivity contribution in [2.45, 2.75) is 0 Å². The van der Waals surface area contributed by atoms with Gasteiger partial charge in [0, 0.05) is 32.1 Å². The molecule has 0 bridgehead atoms. The molecule has 0 fully saturated rings. The molecule has 1 aromatic heterocycles. The van der Waals surface area contributed by atoms with Crippen LogP contribution in [0.1, 0.15) is 0 Å². The van der Waals surface area contributed by atoms with Crippen molar-refractivity contribution in [1.29, 1.82) is 0 Å². The molecule has 5 nitrogen and oxygen atoms in total. The van der Waals surface area contributed by atoms with E-state index in [9.17, 15) is 4.39 Å². The first kappa shape index (κ1) is 13.4. The molecule has 2 aromatic rings. The highest BCUT2D eigenvalue weighted by Crippen LogP contribution is 2.22. The highest BCUT2D eigenvalue weighted by Gasteiger charge is 2.10. The minimum atomic E-state index is -0.339. The molecule has 1 N–H and O–H groups in total. The van der Waals surface area contributed by atoms with E-state index in [1.807, 2.05) is 0 Å². The predicted octanol–water partition coefficient (Wildman–Crippen LogP) is 2.08. The maximum absolute atomic E-state index is 13.9. The number of anilines is 1. The molecule has 0 amide bonds. The Labute approximate surface area is 111 Å². The van der Waals surface area contributed by atoms with Gasteiger partial charge in [-0.05, 0) is 12.1 Å². The summed E-state index contributed by atoms with van der Waals surface area (Å²) in [5.41, 5.74) is 0.386. The first-order chi connectivity index (χ1) is 9.26. The highest BCUT2D eigenvalue weighted by atomic mass is 19.1. The van der Waals surface area contributed by atoms with Crippen molar-refractivity contribution in [3.63, 3.8) is 0 Å². The molecule has 1 aromatic carbocycles. The number of methoxy groups -OCH3 is 2. The summed E-state index contributed by atoms with van der Waals surface area (Å²) in [5, 5.41) is 3.08. The molecule has 0 radical (unpaired) electrons. The van der Waals surface area contributed by atoms with E-state index < -0.39 is 0 Å². The number of nitrogens with one attached hydrogen (secondary N) is 1. The molecule has 0 aliphatic heterocycles. The minimum Gasteiger partial charge on any atom is -0.497 e. The van der Waals surface area contributed by atoms with Crippen molar-refractivity contribution >= 4 is 5.95 Å². The topological polar surface area (TPSA) is 48.3 Å². The standard InChI is InChI=1S/C13H16FN3O2/c1-18-8-6-16-13-15-5-7-17(13)12-9-10(19-2)3-4-11(12)14/h3-5,7,9H,6,8H2,1-2H3,(H,15,16). The Bertz CT molecular complexity index is 542. The fraction of sp³-hybridized carbons (Fsp3) is 0.308. The highest BCUT2D eigenvalue weighted by molar-refractivity contribution is 5.46. The van der Waals surface area contributed by atoms with Crippen LogP contribution in [-0.2, 0) is 4.74 Å². The first-order valence-electron chi connectivity index (χ1n) is 5.86. The second-order valence-electron chi connectivity index (χ2n) is 3.86. The number of hydrogen-bond donors (Lipinski definition) is 1. The molecular formula is C13H16FN3O2. The van der Waals surface area contributed by atoms with E-state index in [0.29, 0.717) is 30.5 Å². The summed E-state index contributed by atoms with van der Waals surface area (Å²) in [6, 6.07) is 4.57. The largest absolute Gasteiger partial charge is 0.497 e. The zero-order valence-electron chi connectivity index (χ0n) is 10.9. The summed E-state index contributed by atoms with van der Waals surface area (Å²) >= 11 is 0. The number of nitrogens with zero attached hydrogens (tertiary/aromatic N) is 2. The number of ether oxygens (including phenoxy) is 2. The lowest BCUT2D eigenvalue weighted by atomic mass is 10.3. The molecule has 2 rings (SSSR count). The molecule has 19 heavy (non-hydrogen) atoms. The molecule has 102 valence electrons. The van der Waals surface area contributed by atoms with Gasteiger partial charge in [0.05, 0.1) is 19.4 Å². The molecular weight excluding hydrogens is 249 g/mol. The molecule has 0 saturated carbocycles. The molecule has 0 aliphatic rings. The summed E-state index contributed by atoms with van der Waals surface area (Å²) in [7, 11) is 3.17. The maximum Gasteiger partial charge on any atom is 0.207 e. The normalized spacial score (nSPS) is 10.5. The third-order valence-electron chi connectivity index (χ3n) is 2.64. The zero-order valence-corrected chi connectivity index (χ0v) is 10.9. The first-order valence-corrected chi connectivity index (χ1v) is 5.86. The lowest BCUT2D eigenvalue weighted by molar-refractivity contribution is 0.210. The number of rotatable bonds is 6. The van der Waals surface area contributed by atoms with Crippen LogP contribution >= 0.6 is 0 Å². The third kappa shape index (κ3) is 3.03. The molecule has 0 aliphatic carbocycles. The number of imidazole rings is 1. The Kier molecular flexibility index (Phi) is 4.35. The number of benzene rings is 1. The SMILES string of the molecule is COCCNc1nccn1-c1cc(OC)ccc1F. The van der Waals surface area contributed by atoms with E-state index in [1.165, 1.54) is 6.07 Å². The molecule has 0 saturated heterocycles. The Balaban J connectivity index is 2.28. The van der Waals surface area contributed by atoms with Crippen LogP contribution in [0.3, 0.4) is 0 Å². The Hall–Kier alpha value is -2.08. The van der Waals surface area contributed by atoms with Crippen LogP contribution in [0, 0.1) is 5.82 Å². The molecule has 0 spiro atoms. The molecule has 1 heterocycles. The van der Waals surface area contributed by atoms with Gasteiger partial charge in [0.1, 0.15) is 11.6 Å². The van der Waals surface area contributed by atoms with Crippen molar-refractivity contribution in [3.8, 4) is 11.4 Å². The summed E-state index contributed by atoms with van der Waals surface area (Å²) in [6.07, 6.45) is 3.29. The zero-order chi connectivity index (χ0) is 13.7. The van der Waals surface area contributed by atoms with Gasteiger partial charge in [-0.1, -0.05) is 0 Å². The summed E-state index contributed by atoms with van der Waals surface area (Å²) in [6.45, 7) is 1.15. The van der Waals surface area contributed by atoms with Gasteiger partial charge >= 0.3 is 0 Å². The van der Waals surface area contributed by atoms with Gasteiger partial charge in [-0.2, -0.15) is 0 Å². The maximum atomic E-state index is 13.9. The van der Waals surface area contributed by atoms with E-state index in [1.54, 1.807) is 43.3 Å². The summed E-state index contributed by atoms with van der Waals surface area (Å²) in [5.74, 6) is 0.811. The van der Waals surface area contributed by atoms with Crippen LogP contribution in [0.2, 0.25) is 0 Å². The quantitative estimate of drug-likeness (QED) is 0.812. The van der Waals surface area contributed by atoms with E-state index in [0.717, 1.165) is 0 Å². The van der Waals surface area contributed by atoms with Crippen molar-refractivity contribution in [3.05, 3.63) is 36.4 Å². The Morgan fingerprint density at radius 2 is 2.21 bits per heavy atom. The second kappa shape index (κ2) is 6.19. The van der Waals surface area contributed by atoms with E-state index in [2.05, 4.69) is 10.3 Å². The Morgan fingerprint density at radius 1 is 1.37 bits per heavy atom. The third-order valence-corrected chi connectivity index (χ3v) is 2.64. The lowest BCUT2D eigenvalue weighted by Gasteiger charge is -2.11. The van der Waals surface area contributed by atoms with Crippen LogP contribution in [-0.4, -0.2) is 36.9 Å². The van der Waals surface area contributed by atoms with Gasteiger partial charge in [0.25, 0.3) is 0 Å². The number of hydrogen-bond acceptors (Lipinski definition) is 4. The van der Waals surface area contributed by atoms with Gasteiger partial charge in [-0.3, -0.25) is 4.57 Å². The van der Waals surface area contributed by atoms with E-state index >= 15 is 0 Å². The van der Waals surface area contributed by atoms with E-state index in [-0.39, 0.29) is 5.82 Å². The fourth-order valence-corrected chi connectivity index (χ4v) is 1.70. The van der Waals surface area contributed by atoms with Crippen molar-refractivity contribution in [2.75, 3.05) is 32.7 Å². The Morgan fingerprint density at radius 3 is 2.95 bits per heavy atom. The van der Waals surface area contributed by atoms with Gasteiger partial charge in [0.15, 0.2) is 0 Å². The van der Waals surface area contributed by atoms with Crippen LogP contribution < -0.4 is 10.1 Å². The average Bonchev–Trinajstić information content (AvgIpc) is 2.88. The minimum absolute atomic E-state index is 0.339. The van der Waals surface area contributed by atoms with Crippen molar-refractivity contribution < 1.29 is 13.9 Å². The molecule has 0 atom stereocenters. The van der Waals surface area contributed by atoms with Crippen molar-refractivity contribution in [1.82, 2.24) is 9.55 Å². The molecule has 6 heteroatoms. The second-order valence-corrected chi connectivity index (χ2v) is 3.86. The van der Waals surface area contributed by atoms with Crippen LogP contribution in [0.4, 0.5) is 10.3 Å². The van der Waals surface area contributed by atoms with Gasteiger partial charge < -0.3 is 14.8 Å². The smallest absolute Gasteiger partial charge is 0.207 e. The van der Waals surface area contributed by atoms with E-state index in [4.69, 9.17) is 9.47 Å². The predicted molar refractivity (Wildman–Crippen MR) is 70.4 cm³/mol. The lowest BCUT2D eigenvalue weighted by Crippen LogP contribution is -2.12. The fourth-order valence-electron chi connectivity index (χ4n) is 1.70. The van der Waals surface area contributed by atoms with Gasteiger partial charge in [-0.25, -0.2) is 9.37 Å². The van der Waals surface area contributed by atoms with Gasteiger partial charge in [0.2, 0.25) is 5.95 Å². The number of halogens is 1.